The molecule has 0 aliphatic carbocycles. The number of fused-ring (bicyclic) bond motifs is 2. The van der Waals surface area contributed by atoms with Crippen molar-refractivity contribution >= 4 is 16.8 Å². The minimum absolute atomic E-state index is 0.129. The lowest BCUT2D eigenvalue weighted by Crippen LogP contribution is -2.43. The molecule has 0 spiro atoms. The molecule has 1 unspecified atom stereocenters. The number of nitrogens with zero attached hydrogens (tertiary/aromatic N) is 3. The number of aliphatic hydroxyl groups is 1. The standard InChI is InChI=1S/C28H34N4O4/c33-25(19-32-11-9-21-4-1-2-5-23(21)17-32)16-30-26(34)20-36-28-24(18-31-12-14-35-15-13-31)8-7-22-6-3-10-29-27(22)28/h1-8,10,25,33H,9,11-20H2,(H,30,34). The van der Waals surface area contributed by atoms with E-state index >= 15 is 0 Å². The summed E-state index contributed by atoms with van der Waals surface area (Å²) in [6, 6.07) is 16.4. The van der Waals surface area contributed by atoms with Gasteiger partial charge in [-0.2, -0.15) is 0 Å². The van der Waals surface area contributed by atoms with Crippen molar-refractivity contribution in [2.24, 2.45) is 0 Å². The van der Waals surface area contributed by atoms with Gasteiger partial charge >= 0.3 is 0 Å². The van der Waals surface area contributed by atoms with E-state index in [1.54, 1.807) is 6.20 Å². The zero-order chi connectivity index (χ0) is 24.7. The maximum atomic E-state index is 12.6. The number of amides is 1. The largest absolute Gasteiger partial charge is 0.481 e. The van der Waals surface area contributed by atoms with Crippen molar-refractivity contribution in [2.75, 3.05) is 52.5 Å². The highest BCUT2D eigenvalue weighted by Gasteiger charge is 2.20. The Labute approximate surface area is 211 Å². The molecular formula is C28H34N4O4. The van der Waals surface area contributed by atoms with E-state index in [1.165, 1.54) is 11.1 Å². The maximum absolute atomic E-state index is 12.6. The van der Waals surface area contributed by atoms with Gasteiger partial charge in [-0.15, -0.1) is 0 Å². The zero-order valence-corrected chi connectivity index (χ0v) is 20.6. The Bertz CT molecular complexity index is 1180. The first-order valence-corrected chi connectivity index (χ1v) is 12.7. The second-order valence-electron chi connectivity index (χ2n) is 9.52. The second-order valence-corrected chi connectivity index (χ2v) is 9.52. The summed E-state index contributed by atoms with van der Waals surface area (Å²) in [4.78, 5) is 21.7. The van der Waals surface area contributed by atoms with Gasteiger partial charge in [0.2, 0.25) is 0 Å². The van der Waals surface area contributed by atoms with Crippen LogP contribution in [-0.2, 0) is 29.0 Å². The quantitative estimate of drug-likeness (QED) is 0.474. The predicted octanol–water partition coefficient (Wildman–Crippen LogP) is 1.98. The topological polar surface area (TPSA) is 87.2 Å². The summed E-state index contributed by atoms with van der Waals surface area (Å²) in [5, 5.41) is 14.3. The van der Waals surface area contributed by atoms with Crippen molar-refractivity contribution in [3.8, 4) is 5.75 Å². The normalized spacial score (nSPS) is 17.5. The van der Waals surface area contributed by atoms with E-state index < -0.39 is 6.10 Å². The van der Waals surface area contributed by atoms with E-state index in [0.717, 1.165) is 62.3 Å². The van der Waals surface area contributed by atoms with E-state index in [2.05, 4.69) is 44.4 Å². The van der Waals surface area contributed by atoms with Crippen molar-refractivity contribution in [1.82, 2.24) is 20.1 Å². The van der Waals surface area contributed by atoms with E-state index in [1.807, 2.05) is 24.3 Å². The van der Waals surface area contributed by atoms with Crippen molar-refractivity contribution in [3.05, 3.63) is 71.4 Å². The number of pyridine rings is 1. The summed E-state index contributed by atoms with van der Waals surface area (Å²) in [5.74, 6) is 0.380. The fraction of sp³-hybridized carbons (Fsp3) is 0.429. The van der Waals surface area contributed by atoms with Gasteiger partial charge < -0.3 is 19.9 Å². The molecule has 2 aliphatic rings. The lowest BCUT2D eigenvalue weighted by Gasteiger charge is -2.30. The van der Waals surface area contributed by atoms with E-state index in [4.69, 9.17) is 9.47 Å². The van der Waals surface area contributed by atoms with Gasteiger partial charge in [0, 0.05) is 63.0 Å². The van der Waals surface area contributed by atoms with Crippen LogP contribution in [-0.4, -0.2) is 84.4 Å². The third-order valence-corrected chi connectivity index (χ3v) is 6.87. The lowest BCUT2D eigenvalue weighted by molar-refractivity contribution is -0.123. The van der Waals surface area contributed by atoms with Gasteiger partial charge in [0.05, 0.1) is 19.3 Å². The van der Waals surface area contributed by atoms with Crippen LogP contribution in [0.5, 0.6) is 5.75 Å². The molecular weight excluding hydrogens is 456 g/mol. The summed E-state index contributed by atoms with van der Waals surface area (Å²) in [5.41, 5.74) is 4.44. The van der Waals surface area contributed by atoms with Crippen molar-refractivity contribution in [2.45, 2.75) is 25.6 Å². The van der Waals surface area contributed by atoms with Crippen LogP contribution in [0.25, 0.3) is 10.9 Å². The molecule has 2 N–H and O–H groups in total. The molecule has 3 aromatic rings. The first kappa shape index (κ1) is 24.6. The lowest BCUT2D eigenvalue weighted by atomic mass is 10.00. The zero-order valence-electron chi connectivity index (χ0n) is 20.6. The third-order valence-electron chi connectivity index (χ3n) is 6.87. The summed E-state index contributed by atoms with van der Waals surface area (Å²) in [6.45, 7) is 6.19. The van der Waals surface area contributed by atoms with Crippen LogP contribution in [0, 0.1) is 0 Å². The van der Waals surface area contributed by atoms with Gasteiger partial charge in [-0.3, -0.25) is 19.6 Å². The van der Waals surface area contributed by atoms with E-state index in [-0.39, 0.29) is 19.1 Å². The van der Waals surface area contributed by atoms with Gasteiger partial charge in [-0.05, 0) is 23.6 Å². The molecule has 2 aromatic carbocycles. The molecule has 1 fully saturated rings. The molecule has 1 atom stereocenters. The number of aliphatic hydroxyl groups excluding tert-OH is 1. The van der Waals surface area contributed by atoms with Gasteiger partial charge in [-0.1, -0.05) is 42.5 Å². The maximum Gasteiger partial charge on any atom is 0.258 e. The van der Waals surface area contributed by atoms with Gasteiger partial charge in [-0.25, -0.2) is 0 Å². The molecule has 1 amide bonds. The minimum Gasteiger partial charge on any atom is -0.481 e. The molecule has 8 nitrogen and oxygen atoms in total. The molecule has 190 valence electrons. The Morgan fingerprint density at radius 3 is 2.75 bits per heavy atom. The Kier molecular flexibility index (Phi) is 8.08. The molecule has 8 heteroatoms. The summed E-state index contributed by atoms with van der Waals surface area (Å²) in [6.07, 6.45) is 2.08. The van der Waals surface area contributed by atoms with Gasteiger partial charge in [0.1, 0.15) is 5.52 Å². The van der Waals surface area contributed by atoms with Crippen molar-refractivity contribution in [1.29, 1.82) is 0 Å². The number of hydrogen-bond donors (Lipinski definition) is 2. The third kappa shape index (κ3) is 6.20. The van der Waals surface area contributed by atoms with Crippen LogP contribution in [0.15, 0.2) is 54.7 Å². The molecule has 36 heavy (non-hydrogen) atoms. The summed E-state index contributed by atoms with van der Waals surface area (Å²) in [7, 11) is 0. The van der Waals surface area contributed by atoms with Crippen LogP contribution >= 0.6 is 0 Å². The monoisotopic (exact) mass is 490 g/mol. The first-order chi connectivity index (χ1) is 17.7. The summed E-state index contributed by atoms with van der Waals surface area (Å²) < 4.78 is 11.5. The number of carbonyl (C=O) groups is 1. The second kappa shape index (κ2) is 11.8. The molecule has 1 saturated heterocycles. The van der Waals surface area contributed by atoms with Crippen LogP contribution in [0.4, 0.5) is 0 Å². The fourth-order valence-electron chi connectivity index (χ4n) is 4.94. The SMILES string of the molecule is O=C(COc1c(CN2CCOCC2)ccc2cccnc12)NCC(O)CN1CCc2ccccc2C1. The Morgan fingerprint density at radius 2 is 1.89 bits per heavy atom. The number of nitrogens with one attached hydrogen (secondary N) is 1. The van der Waals surface area contributed by atoms with E-state index in [0.29, 0.717) is 18.8 Å². The number of morpholine rings is 1. The Morgan fingerprint density at radius 1 is 1.06 bits per heavy atom. The number of benzene rings is 2. The first-order valence-electron chi connectivity index (χ1n) is 12.7. The Balaban J connectivity index is 1.15. The number of β-amino-alcohol motifs (C(OH)–C–C–N with tert-alkyl or cyclic N) is 1. The van der Waals surface area contributed by atoms with Crippen LogP contribution < -0.4 is 10.1 Å². The van der Waals surface area contributed by atoms with E-state index in [9.17, 15) is 9.90 Å². The number of aromatic nitrogens is 1. The summed E-state index contributed by atoms with van der Waals surface area (Å²) >= 11 is 0. The van der Waals surface area contributed by atoms with Gasteiger partial charge in [0.15, 0.2) is 12.4 Å². The number of rotatable bonds is 9. The van der Waals surface area contributed by atoms with Crippen LogP contribution in [0.1, 0.15) is 16.7 Å². The molecule has 0 saturated carbocycles. The molecule has 2 aliphatic heterocycles. The molecule has 1 aromatic heterocycles. The molecule has 5 rings (SSSR count). The number of ether oxygens (including phenoxy) is 2. The average Bonchev–Trinajstić information content (AvgIpc) is 2.91. The average molecular weight is 491 g/mol. The smallest absolute Gasteiger partial charge is 0.258 e. The number of hydrogen-bond acceptors (Lipinski definition) is 7. The van der Waals surface area contributed by atoms with Crippen LogP contribution in [0.3, 0.4) is 0 Å². The minimum atomic E-state index is -0.643. The fourth-order valence-corrected chi connectivity index (χ4v) is 4.94. The van der Waals surface area contributed by atoms with Gasteiger partial charge in [0.25, 0.3) is 5.91 Å². The Hall–Kier alpha value is -3.04. The molecule has 0 bridgehead atoms. The predicted molar refractivity (Wildman–Crippen MR) is 138 cm³/mol. The van der Waals surface area contributed by atoms with Crippen molar-refractivity contribution in [3.63, 3.8) is 0 Å². The molecule has 0 radical (unpaired) electrons. The van der Waals surface area contributed by atoms with Crippen LogP contribution in [0.2, 0.25) is 0 Å². The van der Waals surface area contributed by atoms with Crippen molar-refractivity contribution < 1.29 is 19.4 Å². The molecule has 3 heterocycles. The highest BCUT2D eigenvalue weighted by molar-refractivity contribution is 5.86. The highest BCUT2D eigenvalue weighted by Crippen LogP contribution is 2.29. The highest BCUT2D eigenvalue weighted by atomic mass is 16.5. The number of carbonyl (C=O) groups excluding carboxylic acids is 1.